The van der Waals surface area contributed by atoms with E-state index in [2.05, 4.69) is 67.8 Å². The zero-order valence-electron chi connectivity index (χ0n) is 49.1. The first-order chi connectivity index (χ1) is 35.5. The molecule has 2 N–H and O–H groups in total. The van der Waals surface area contributed by atoms with Gasteiger partial charge < -0.3 is 28.8 Å². The molecule has 0 aliphatic carbocycles. The van der Waals surface area contributed by atoms with Gasteiger partial charge in [-0.05, 0) is 51.4 Å². The highest BCUT2D eigenvalue weighted by Gasteiger charge is 2.24. The molecule has 0 fully saturated rings. The Labute approximate surface area is 454 Å². The number of hydrogen-bond acceptors (Lipinski definition) is 6. The molecule has 0 rings (SSSR count). The number of nitrogens with zero attached hydrogens (tertiary/aromatic N) is 1. The van der Waals surface area contributed by atoms with Gasteiger partial charge in [0, 0.05) is 6.42 Å². The van der Waals surface area contributed by atoms with Crippen molar-refractivity contribution in [2.45, 2.75) is 315 Å². The smallest absolute Gasteiger partial charge is 0.268 e. The van der Waals surface area contributed by atoms with E-state index in [0.29, 0.717) is 23.9 Å². The summed E-state index contributed by atoms with van der Waals surface area (Å²) in [5.74, 6) is -0.160. The third-order valence-corrected chi connectivity index (χ3v) is 15.3. The third kappa shape index (κ3) is 58.0. The Bertz CT molecular complexity index is 1330. The number of carbonyl (C=O) groups excluding carboxylic acids is 1. The SMILES string of the molecule is CC/C=C\C/C=C\C/C=C\C/C=C\CCCCCCCCCCCCCCCCCCCCCCC(=O)NC(COP(=O)([O-])OCC[N+](C)(C)C)C(O)CCCCCCCCCCCCCCCCCCCC. The van der Waals surface area contributed by atoms with Crippen LogP contribution in [-0.4, -0.2) is 68.5 Å². The van der Waals surface area contributed by atoms with Crippen LogP contribution in [0.2, 0.25) is 0 Å². The van der Waals surface area contributed by atoms with Gasteiger partial charge in [-0.1, -0.05) is 294 Å². The van der Waals surface area contributed by atoms with Gasteiger partial charge in [-0.2, -0.15) is 0 Å². The van der Waals surface area contributed by atoms with Gasteiger partial charge in [0.1, 0.15) is 13.2 Å². The number of allylic oxidation sites excluding steroid dienone is 8. The number of carbonyl (C=O) groups is 1. The molecule has 0 heterocycles. The fraction of sp³-hybridized carbons (Fsp3) is 0.859. The first-order valence-corrected chi connectivity index (χ1v) is 32.9. The quantitative estimate of drug-likeness (QED) is 0.0272. The van der Waals surface area contributed by atoms with Crippen molar-refractivity contribution in [3.05, 3.63) is 48.6 Å². The molecule has 0 aliphatic rings. The van der Waals surface area contributed by atoms with Gasteiger partial charge in [-0.3, -0.25) is 9.36 Å². The number of hydrogen-bond donors (Lipinski definition) is 2. The van der Waals surface area contributed by atoms with E-state index in [-0.39, 0.29) is 19.1 Å². The largest absolute Gasteiger partial charge is 0.756 e. The maximum atomic E-state index is 13.0. The third-order valence-electron chi connectivity index (χ3n) is 14.3. The Morgan fingerprint density at radius 2 is 0.836 bits per heavy atom. The number of quaternary nitrogens is 1. The van der Waals surface area contributed by atoms with E-state index in [1.54, 1.807) is 0 Å². The Morgan fingerprint density at radius 3 is 1.22 bits per heavy atom. The zero-order chi connectivity index (χ0) is 53.5. The number of phosphoric ester groups is 1. The second kappa shape index (κ2) is 55.2. The van der Waals surface area contributed by atoms with Crippen molar-refractivity contribution in [3.63, 3.8) is 0 Å². The van der Waals surface area contributed by atoms with Gasteiger partial charge in [0.25, 0.3) is 7.82 Å². The Morgan fingerprint density at radius 1 is 0.493 bits per heavy atom. The summed E-state index contributed by atoms with van der Waals surface area (Å²) in [5, 5.41) is 14.0. The first-order valence-electron chi connectivity index (χ1n) is 31.5. The van der Waals surface area contributed by atoms with Crippen LogP contribution in [-0.2, 0) is 18.4 Å². The summed E-state index contributed by atoms with van der Waals surface area (Å²) >= 11 is 0. The Kier molecular flexibility index (Phi) is 54.1. The highest BCUT2D eigenvalue weighted by molar-refractivity contribution is 7.45. The van der Waals surface area contributed by atoms with Crippen LogP contribution in [0.5, 0.6) is 0 Å². The fourth-order valence-electron chi connectivity index (χ4n) is 9.45. The van der Waals surface area contributed by atoms with Crippen LogP contribution in [0.4, 0.5) is 0 Å². The highest BCUT2D eigenvalue weighted by Crippen LogP contribution is 2.38. The van der Waals surface area contributed by atoms with Gasteiger partial charge >= 0.3 is 0 Å². The van der Waals surface area contributed by atoms with Crippen LogP contribution in [0, 0.1) is 0 Å². The standard InChI is InChI=1S/C64H123N2O6P/c1-6-8-10-12-14-16-18-20-22-24-26-27-28-29-30-31-32-33-34-35-36-37-38-39-40-42-44-46-48-50-52-54-56-58-64(68)65-62(61-72-73(69,70)71-60-59-66(3,4)5)63(67)57-55-53-51-49-47-45-43-41-25-23-21-19-17-15-13-11-9-7-2/h8,10,14,16,20,22,26-27,62-63,67H,6-7,9,11-13,15,17-19,21,23-25,28-61H2,1-5H3,(H-,65,68,69,70)/b10-8-,16-14-,22-20-,27-26-. The van der Waals surface area contributed by atoms with Crippen LogP contribution in [0.25, 0.3) is 0 Å². The molecule has 0 saturated carbocycles. The summed E-state index contributed by atoms with van der Waals surface area (Å²) in [7, 11) is 1.32. The first kappa shape index (κ1) is 71.5. The molecular formula is C64H123N2O6P. The molecule has 0 radical (unpaired) electrons. The van der Waals surface area contributed by atoms with E-state index < -0.39 is 20.0 Å². The molecule has 3 atom stereocenters. The monoisotopic (exact) mass is 1050 g/mol. The molecule has 0 aromatic heterocycles. The second-order valence-corrected chi connectivity index (χ2v) is 24.2. The molecule has 0 aromatic carbocycles. The number of amides is 1. The van der Waals surface area contributed by atoms with Gasteiger partial charge in [0.05, 0.1) is 39.9 Å². The van der Waals surface area contributed by atoms with Crippen molar-refractivity contribution >= 4 is 13.7 Å². The van der Waals surface area contributed by atoms with E-state index >= 15 is 0 Å². The van der Waals surface area contributed by atoms with Gasteiger partial charge in [0.2, 0.25) is 5.91 Å². The van der Waals surface area contributed by atoms with Crippen LogP contribution in [0.3, 0.4) is 0 Å². The summed E-state index contributed by atoms with van der Waals surface area (Å²) in [4.78, 5) is 25.6. The number of rotatable bonds is 58. The van der Waals surface area contributed by atoms with E-state index in [0.717, 1.165) is 64.2 Å². The second-order valence-electron chi connectivity index (χ2n) is 22.7. The lowest BCUT2D eigenvalue weighted by Crippen LogP contribution is -2.46. The number of phosphoric acid groups is 1. The van der Waals surface area contributed by atoms with E-state index in [1.165, 1.54) is 212 Å². The molecule has 9 heteroatoms. The van der Waals surface area contributed by atoms with Crippen molar-refractivity contribution in [2.24, 2.45) is 0 Å². The van der Waals surface area contributed by atoms with Crippen molar-refractivity contribution in [1.29, 1.82) is 0 Å². The average molecular weight is 1050 g/mol. The molecule has 8 nitrogen and oxygen atoms in total. The minimum Gasteiger partial charge on any atom is -0.756 e. The number of likely N-dealkylation sites (N-methyl/N-ethyl adjacent to an activating group) is 1. The molecule has 3 unspecified atom stereocenters. The van der Waals surface area contributed by atoms with Crippen molar-refractivity contribution < 1.29 is 32.9 Å². The molecule has 0 aromatic rings. The molecule has 0 bridgehead atoms. The number of nitrogens with one attached hydrogen (secondary N) is 1. The molecule has 0 spiro atoms. The fourth-order valence-corrected chi connectivity index (χ4v) is 10.2. The molecule has 1 amide bonds. The Hall–Kier alpha value is -1.54. The maximum Gasteiger partial charge on any atom is 0.268 e. The van der Waals surface area contributed by atoms with Crippen LogP contribution in [0.1, 0.15) is 303 Å². The molecule has 0 saturated heterocycles. The normalized spacial score (nSPS) is 14.1. The molecule has 73 heavy (non-hydrogen) atoms. The predicted molar refractivity (Wildman–Crippen MR) is 316 cm³/mol. The van der Waals surface area contributed by atoms with Crippen LogP contribution < -0.4 is 10.2 Å². The Balaban J connectivity index is 4.01. The van der Waals surface area contributed by atoms with Gasteiger partial charge in [-0.15, -0.1) is 0 Å². The van der Waals surface area contributed by atoms with Crippen molar-refractivity contribution in [1.82, 2.24) is 5.32 Å². The lowest BCUT2D eigenvalue weighted by Gasteiger charge is -2.30. The summed E-state index contributed by atoms with van der Waals surface area (Å²) < 4.78 is 23.5. The highest BCUT2D eigenvalue weighted by atomic mass is 31.2. The van der Waals surface area contributed by atoms with E-state index in [4.69, 9.17) is 9.05 Å². The van der Waals surface area contributed by atoms with Crippen molar-refractivity contribution in [2.75, 3.05) is 40.9 Å². The van der Waals surface area contributed by atoms with Crippen molar-refractivity contribution in [3.8, 4) is 0 Å². The zero-order valence-corrected chi connectivity index (χ0v) is 50.0. The number of unbranched alkanes of at least 4 members (excludes halogenated alkanes) is 37. The van der Waals surface area contributed by atoms with E-state index in [9.17, 15) is 19.4 Å². The number of aliphatic hydroxyl groups excluding tert-OH is 1. The topological polar surface area (TPSA) is 108 Å². The summed E-state index contributed by atoms with van der Waals surface area (Å²) in [6, 6.07) is -0.800. The molecule has 0 aliphatic heterocycles. The summed E-state index contributed by atoms with van der Waals surface area (Å²) in [6.45, 7) is 4.65. The van der Waals surface area contributed by atoms with Gasteiger partial charge in [0.15, 0.2) is 0 Å². The van der Waals surface area contributed by atoms with Crippen LogP contribution in [0.15, 0.2) is 48.6 Å². The van der Waals surface area contributed by atoms with Gasteiger partial charge in [-0.25, -0.2) is 0 Å². The number of aliphatic hydroxyl groups is 1. The average Bonchev–Trinajstić information content (AvgIpc) is 3.35. The lowest BCUT2D eigenvalue weighted by molar-refractivity contribution is -0.870. The van der Waals surface area contributed by atoms with E-state index in [1.807, 2.05) is 21.1 Å². The lowest BCUT2D eigenvalue weighted by atomic mass is 10.0. The molecule has 430 valence electrons. The summed E-state index contributed by atoms with van der Waals surface area (Å²) in [5.41, 5.74) is 0. The maximum absolute atomic E-state index is 13.0. The summed E-state index contributed by atoms with van der Waals surface area (Å²) in [6.07, 6.45) is 73.0. The minimum absolute atomic E-state index is 0.0136. The van der Waals surface area contributed by atoms with Crippen LogP contribution >= 0.6 is 7.82 Å². The minimum atomic E-state index is -4.57. The molecular weight excluding hydrogens is 924 g/mol. The predicted octanol–water partition coefficient (Wildman–Crippen LogP) is 18.9.